The van der Waals surface area contributed by atoms with Crippen molar-refractivity contribution in [2.24, 2.45) is 0 Å². The number of pyridine rings is 1. The number of amides is 2. The molecule has 0 radical (unpaired) electrons. The molecule has 182 valence electrons. The van der Waals surface area contributed by atoms with Gasteiger partial charge >= 0.3 is 0 Å². The quantitative estimate of drug-likeness (QED) is 0.384. The average molecular weight is 472 g/mol. The van der Waals surface area contributed by atoms with E-state index in [1.165, 1.54) is 0 Å². The van der Waals surface area contributed by atoms with Gasteiger partial charge in [0.1, 0.15) is 11.4 Å². The summed E-state index contributed by atoms with van der Waals surface area (Å²) in [6.45, 7) is 9.73. The van der Waals surface area contributed by atoms with Crippen LogP contribution in [0.1, 0.15) is 64.6 Å². The molecule has 3 aromatic rings. The van der Waals surface area contributed by atoms with Gasteiger partial charge in [0.05, 0.1) is 0 Å². The highest BCUT2D eigenvalue weighted by Gasteiger charge is 2.21. The molecule has 0 aliphatic rings. The second-order valence-corrected chi connectivity index (χ2v) is 8.24. The Kier molecular flexibility index (Phi) is 8.90. The zero-order valence-electron chi connectivity index (χ0n) is 21.0. The normalized spacial score (nSPS) is 10.6. The summed E-state index contributed by atoms with van der Waals surface area (Å²) < 4.78 is 0. The molecule has 2 aromatic carbocycles. The molecule has 0 N–H and O–H groups in total. The van der Waals surface area contributed by atoms with Gasteiger partial charge < -0.3 is 9.80 Å². The van der Waals surface area contributed by atoms with Crippen LogP contribution in [0.25, 0.3) is 11.1 Å². The summed E-state index contributed by atoms with van der Waals surface area (Å²) in [4.78, 5) is 46.9. The van der Waals surface area contributed by atoms with Gasteiger partial charge in [-0.05, 0) is 56.5 Å². The summed E-state index contributed by atoms with van der Waals surface area (Å²) in [5, 5.41) is 0. The summed E-state index contributed by atoms with van der Waals surface area (Å²) in [6.07, 6.45) is 0.0737. The molecule has 6 heteroatoms. The van der Waals surface area contributed by atoms with Crippen molar-refractivity contribution in [1.82, 2.24) is 14.8 Å². The fraction of sp³-hybridized carbons (Fsp3) is 0.310. The zero-order chi connectivity index (χ0) is 25.4. The second kappa shape index (κ2) is 12.1. The SMILES string of the molecule is CCN(CC)C(=O)c1cc(CC(=O)c2ccc(-c3ccccc3)cc2)cc(C(=O)N(CC)CC)n1. The van der Waals surface area contributed by atoms with E-state index in [1.54, 1.807) is 21.9 Å². The van der Waals surface area contributed by atoms with Crippen LogP contribution in [0.4, 0.5) is 0 Å². The Labute approximate surface area is 207 Å². The summed E-state index contributed by atoms with van der Waals surface area (Å²) in [5.74, 6) is -0.575. The van der Waals surface area contributed by atoms with Gasteiger partial charge in [-0.2, -0.15) is 0 Å². The van der Waals surface area contributed by atoms with Crippen LogP contribution in [-0.4, -0.2) is 58.6 Å². The fourth-order valence-corrected chi connectivity index (χ4v) is 4.02. The Hall–Kier alpha value is -3.80. The lowest BCUT2D eigenvalue weighted by atomic mass is 9.99. The molecule has 0 aliphatic carbocycles. The summed E-state index contributed by atoms with van der Waals surface area (Å²) in [5.41, 5.74) is 3.67. The van der Waals surface area contributed by atoms with E-state index in [2.05, 4.69) is 4.98 Å². The summed E-state index contributed by atoms with van der Waals surface area (Å²) >= 11 is 0. The highest BCUT2D eigenvalue weighted by atomic mass is 16.2. The minimum Gasteiger partial charge on any atom is -0.338 e. The van der Waals surface area contributed by atoms with Gasteiger partial charge in [-0.1, -0.05) is 54.6 Å². The van der Waals surface area contributed by atoms with Crippen molar-refractivity contribution in [3.63, 3.8) is 0 Å². The smallest absolute Gasteiger partial charge is 0.272 e. The predicted octanol–water partition coefficient (Wildman–Crippen LogP) is 5.14. The molecule has 0 saturated carbocycles. The van der Waals surface area contributed by atoms with Crippen LogP contribution in [0.2, 0.25) is 0 Å². The molecule has 0 fully saturated rings. The first-order valence-corrected chi connectivity index (χ1v) is 12.2. The van der Waals surface area contributed by atoms with Crippen molar-refractivity contribution >= 4 is 17.6 Å². The number of Topliss-reactive ketones (excluding diaryl/α,β-unsaturated/α-hetero) is 1. The van der Waals surface area contributed by atoms with E-state index in [9.17, 15) is 14.4 Å². The van der Waals surface area contributed by atoms with E-state index in [-0.39, 0.29) is 35.4 Å². The fourth-order valence-electron chi connectivity index (χ4n) is 4.02. The lowest BCUT2D eigenvalue weighted by molar-refractivity contribution is 0.0758. The Balaban J connectivity index is 1.91. The molecule has 35 heavy (non-hydrogen) atoms. The number of rotatable bonds is 10. The maximum Gasteiger partial charge on any atom is 0.272 e. The lowest BCUT2D eigenvalue weighted by Gasteiger charge is -2.21. The molecule has 0 saturated heterocycles. The van der Waals surface area contributed by atoms with Crippen molar-refractivity contribution in [1.29, 1.82) is 0 Å². The number of benzene rings is 2. The van der Waals surface area contributed by atoms with Crippen LogP contribution in [0.15, 0.2) is 66.7 Å². The molecule has 1 heterocycles. The van der Waals surface area contributed by atoms with Gasteiger partial charge in [0.2, 0.25) is 0 Å². The topological polar surface area (TPSA) is 70.6 Å². The van der Waals surface area contributed by atoms with Gasteiger partial charge in [-0.3, -0.25) is 14.4 Å². The van der Waals surface area contributed by atoms with Gasteiger partial charge in [0.25, 0.3) is 11.8 Å². The molecule has 6 nitrogen and oxygen atoms in total. The Morgan fingerprint density at radius 2 is 1.11 bits per heavy atom. The molecule has 0 unspecified atom stereocenters. The van der Waals surface area contributed by atoms with Crippen molar-refractivity contribution < 1.29 is 14.4 Å². The molecule has 0 aliphatic heterocycles. The Bertz CT molecular complexity index is 1120. The van der Waals surface area contributed by atoms with Gasteiger partial charge in [-0.25, -0.2) is 4.98 Å². The van der Waals surface area contributed by atoms with E-state index in [0.29, 0.717) is 37.3 Å². The minimum absolute atomic E-state index is 0.0737. The van der Waals surface area contributed by atoms with E-state index >= 15 is 0 Å². The van der Waals surface area contributed by atoms with Crippen molar-refractivity contribution in [3.05, 3.63) is 89.2 Å². The molecule has 0 bridgehead atoms. The monoisotopic (exact) mass is 471 g/mol. The van der Waals surface area contributed by atoms with Crippen LogP contribution in [0.5, 0.6) is 0 Å². The number of ketones is 1. The van der Waals surface area contributed by atoms with E-state index in [4.69, 9.17) is 0 Å². The zero-order valence-corrected chi connectivity index (χ0v) is 21.0. The molecule has 3 rings (SSSR count). The molecular weight excluding hydrogens is 438 g/mol. The third-order valence-corrected chi connectivity index (χ3v) is 6.10. The highest BCUT2D eigenvalue weighted by Crippen LogP contribution is 2.20. The number of carbonyl (C=O) groups is 3. The molecule has 0 spiro atoms. The maximum absolute atomic E-state index is 13.1. The minimum atomic E-state index is -0.245. The standard InChI is InChI=1S/C29H33N3O3/c1-5-31(6-2)28(34)25-18-21(19-26(30-25)29(35)32(7-3)8-4)20-27(33)24-16-14-23(15-17-24)22-12-10-9-11-13-22/h9-19H,5-8,20H2,1-4H3. The highest BCUT2D eigenvalue weighted by molar-refractivity contribution is 6.00. The third kappa shape index (κ3) is 6.21. The number of hydrogen-bond acceptors (Lipinski definition) is 4. The van der Waals surface area contributed by atoms with Crippen molar-refractivity contribution in [3.8, 4) is 11.1 Å². The number of nitrogens with zero attached hydrogens (tertiary/aromatic N) is 3. The van der Waals surface area contributed by atoms with Crippen LogP contribution in [-0.2, 0) is 6.42 Å². The molecule has 2 amide bonds. The van der Waals surface area contributed by atoms with E-state index in [0.717, 1.165) is 11.1 Å². The van der Waals surface area contributed by atoms with Crippen LogP contribution in [0, 0.1) is 0 Å². The van der Waals surface area contributed by atoms with Crippen LogP contribution >= 0.6 is 0 Å². The first-order valence-electron chi connectivity index (χ1n) is 12.2. The lowest BCUT2D eigenvalue weighted by Crippen LogP contribution is -2.34. The Morgan fingerprint density at radius 1 is 0.657 bits per heavy atom. The average Bonchev–Trinajstić information content (AvgIpc) is 2.90. The van der Waals surface area contributed by atoms with Gasteiger partial charge in [0, 0.05) is 38.2 Å². The number of aromatic nitrogens is 1. The van der Waals surface area contributed by atoms with Crippen LogP contribution in [0.3, 0.4) is 0 Å². The summed E-state index contributed by atoms with van der Waals surface area (Å²) in [6, 6.07) is 20.7. The second-order valence-electron chi connectivity index (χ2n) is 8.24. The summed E-state index contributed by atoms with van der Waals surface area (Å²) in [7, 11) is 0. The number of carbonyl (C=O) groups excluding carboxylic acids is 3. The maximum atomic E-state index is 13.1. The van der Waals surface area contributed by atoms with Gasteiger partial charge in [0.15, 0.2) is 5.78 Å². The first-order chi connectivity index (χ1) is 16.9. The van der Waals surface area contributed by atoms with Crippen molar-refractivity contribution in [2.75, 3.05) is 26.2 Å². The van der Waals surface area contributed by atoms with Crippen LogP contribution < -0.4 is 0 Å². The molecule has 1 aromatic heterocycles. The third-order valence-electron chi connectivity index (χ3n) is 6.10. The molecule has 0 atom stereocenters. The molecular formula is C29H33N3O3. The van der Waals surface area contributed by atoms with E-state index < -0.39 is 0 Å². The predicted molar refractivity (Wildman–Crippen MR) is 139 cm³/mol. The largest absolute Gasteiger partial charge is 0.338 e. The van der Waals surface area contributed by atoms with Crippen molar-refractivity contribution in [2.45, 2.75) is 34.1 Å². The van der Waals surface area contributed by atoms with Gasteiger partial charge in [-0.15, -0.1) is 0 Å². The Morgan fingerprint density at radius 3 is 1.57 bits per heavy atom. The number of hydrogen-bond donors (Lipinski definition) is 0. The first kappa shape index (κ1) is 25.8. The van der Waals surface area contributed by atoms with E-state index in [1.807, 2.05) is 82.3 Å².